The van der Waals surface area contributed by atoms with Gasteiger partial charge in [-0.25, -0.2) is 0 Å². The third-order valence-electron chi connectivity index (χ3n) is 5.85. The van der Waals surface area contributed by atoms with Crippen molar-refractivity contribution in [1.82, 2.24) is 9.80 Å². The molecule has 0 N–H and O–H groups in total. The van der Waals surface area contributed by atoms with Crippen LogP contribution in [0.2, 0.25) is 0 Å². The summed E-state index contributed by atoms with van der Waals surface area (Å²) in [6.07, 6.45) is 2.08. The molecule has 2 amide bonds. The molecule has 0 aromatic heterocycles. The minimum absolute atomic E-state index is 0.0400. The van der Waals surface area contributed by atoms with E-state index in [1.165, 1.54) is 5.56 Å². The Bertz CT molecular complexity index is 1000. The van der Waals surface area contributed by atoms with Crippen molar-refractivity contribution in [3.63, 3.8) is 0 Å². The zero-order valence-corrected chi connectivity index (χ0v) is 17.7. The molecule has 0 saturated carbocycles. The van der Waals surface area contributed by atoms with E-state index in [0.29, 0.717) is 38.2 Å². The van der Waals surface area contributed by atoms with Crippen LogP contribution in [0.25, 0.3) is 11.1 Å². The van der Waals surface area contributed by atoms with Crippen LogP contribution >= 0.6 is 0 Å². The first kappa shape index (κ1) is 20.9. The molecule has 0 bridgehead atoms. The molecule has 3 aromatic carbocycles. The van der Waals surface area contributed by atoms with Gasteiger partial charge in [0.1, 0.15) is 0 Å². The molecule has 0 unspecified atom stereocenters. The molecule has 1 aliphatic heterocycles. The third kappa shape index (κ3) is 5.40. The van der Waals surface area contributed by atoms with Crippen LogP contribution < -0.4 is 0 Å². The standard InChI is InChI=1S/C27H28N2O2/c30-26(17-12-22-8-3-1-4-9-22)28-18-7-19-29(21-20-28)27(31)25-15-13-24(14-16-25)23-10-5-2-6-11-23/h1-6,8-11,13-16H,7,12,17-21H2. The van der Waals surface area contributed by atoms with Crippen molar-refractivity contribution in [2.75, 3.05) is 26.2 Å². The van der Waals surface area contributed by atoms with Gasteiger partial charge in [-0.1, -0.05) is 72.8 Å². The van der Waals surface area contributed by atoms with E-state index in [9.17, 15) is 9.59 Å². The molecule has 0 aliphatic carbocycles. The van der Waals surface area contributed by atoms with Crippen molar-refractivity contribution < 1.29 is 9.59 Å². The van der Waals surface area contributed by atoms with Crippen molar-refractivity contribution in [3.05, 3.63) is 96.1 Å². The first-order valence-corrected chi connectivity index (χ1v) is 11.0. The maximum atomic E-state index is 13.0. The fourth-order valence-electron chi connectivity index (χ4n) is 4.04. The predicted octanol–water partition coefficient (Wildman–Crippen LogP) is 4.66. The second-order valence-electron chi connectivity index (χ2n) is 7.96. The SMILES string of the molecule is O=C(CCc1ccccc1)N1CCCN(C(=O)c2ccc(-c3ccccc3)cc2)CC1. The number of carbonyl (C=O) groups excluding carboxylic acids is 2. The van der Waals surface area contributed by atoms with Crippen LogP contribution in [0, 0.1) is 0 Å². The normalized spacial score (nSPS) is 14.2. The number of carbonyl (C=O) groups is 2. The molecular weight excluding hydrogens is 384 g/mol. The molecule has 1 fully saturated rings. The van der Waals surface area contributed by atoms with Crippen molar-refractivity contribution in [2.24, 2.45) is 0 Å². The highest BCUT2D eigenvalue weighted by Crippen LogP contribution is 2.20. The number of amides is 2. The van der Waals surface area contributed by atoms with E-state index in [2.05, 4.69) is 24.3 Å². The highest BCUT2D eigenvalue weighted by Gasteiger charge is 2.22. The molecular formula is C27H28N2O2. The summed E-state index contributed by atoms with van der Waals surface area (Å²) in [5.41, 5.74) is 4.12. The fraction of sp³-hybridized carbons (Fsp3) is 0.259. The summed E-state index contributed by atoms with van der Waals surface area (Å²) in [4.78, 5) is 29.5. The Morgan fingerprint density at radius 1 is 0.645 bits per heavy atom. The van der Waals surface area contributed by atoms with Gasteiger partial charge in [0.15, 0.2) is 0 Å². The Morgan fingerprint density at radius 2 is 1.23 bits per heavy atom. The van der Waals surface area contributed by atoms with Crippen LogP contribution in [0.15, 0.2) is 84.9 Å². The zero-order valence-electron chi connectivity index (χ0n) is 17.7. The molecule has 31 heavy (non-hydrogen) atoms. The second-order valence-corrected chi connectivity index (χ2v) is 7.96. The van der Waals surface area contributed by atoms with E-state index in [4.69, 9.17) is 0 Å². The first-order chi connectivity index (χ1) is 15.2. The lowest BCUT2D eigenvalue weighted by Gasteiger charge is -2.22. The number of nitrogens with zero attached hydrogens (tertiary/aromatic N) is 2. The number of rotatable bonds is 5. The van der Waals surface area contributed by atoms with Crippen LogP contribution in [0.4, 0.5) is 0 Å². The van der Waals surface area contributed by atoms with Gasteiger partial charge < -0.3 is 9.80 Å². The van der Waals surface area contributed by atoms with Crippen LogP contribution in [-0.4, -0.2) is 47.8 Å². The zero-order chi connectivity index (χ0) is 21.5. The van der Waals surface area contributed by atoms with Crippen LogP contribution in [0.1, 0.15) is 28.8 Å². The Kier molecular flexibility index (Phi) is 6.78. The molecule has 0 spiro atoms. The lowest BCUT2D eigenvalue weighted by molar-refractivity contribution is -0.131. The molecule has 4 nitrogen and oxygen atoms in total. The molecule has 1 saturated heterocycles. The van der Waals surface area contributed by atoms with Crippen molar-refractivity contribution in [2.45, 2.75) is 19.3 Å². The lowest BCUT2D eigenvalue weighted by Crippen LogP contribution is -2.37. The average Bonchev–Trinajstić information content (AvgIpc) is 3.10. The van der Waals surface area contributed by atoms with Gasteiger partial charge in [0.05, 0.1) is 0 Å². The van der Waals surface area contributed by atoms with E-state index < -0.39 is 0 Å². The highest BCUT2D eigenvalue weighted by molar-refractivity contribution is 5.94. The second kappa shape index (κ2) is 10.1. The van der Waals surface area contributed by atoms with Crippen LogP contribution in [0.5, 0.6) is 0 Å². The van der Waals surface area contributed by atoms with Gasteiger partial charge >= 0.3 is 0 Å². The maximum Gasteiger partial charge on any atom is 0.253 e. The van der Waals surface area contributed by atoms with Crippen LogP contribution in [0.3, 0.4) is 0 Å². The van der Waals surface area contributed by atoms with E-state index in [0.717, 1.165) is 24.0 Å². The van der Waals surface area contributed by atoms with E-state index in [1.807, 2.05) is 70.5 Å². The Balaban J connectivity index is 1.32. The predicted molar refractivity (Wildman–Crippen MR) is 124 cm³/mol. The van der Waals surface area contributed by atoms with Crippen molar-refractivity contribution in [1.29, 1.82) is 0 Å². The van der Waals surface area contributed by atoms with Gasteiger partial charge in [-0.3, -0.25) is 9.59 Å². The van der Waals surface area contributed by atoms with Crippen molar-refractivity contribution in [3.8, 4) is 11.1 Å². The summed E-state index contributed by atoms with van der Waals surface area (Å²) in [6, 6.07) is 28.1. The molecule has 1 aliphatic rings. The first-order valence-electron chi connectivity index (χ1n) is 11.0. The lowest BCUT2D eigenvalue weighted by atomic mass is 10.0. The summed E-state index contributed by atoms with van der Waals surface area (Å²) in [5.74, 6) is 0.212. The fourth-order valence-corrected chi connectivity index (χ4v) is 4.04. The Morgan fingerprint density at radius 3 is 1.94 bits per heavy atom. The quantitative estimate of drug-likeness (QED) is 0.611. The Hall–Kier alpha value is -3.40. The van der Waals surface area contributed by atoms with Gasteiger partial charge in [0, 0.05) is 38.2 Å². The van der Waals surface area contributed by atoms with Crippen LogP contribution in [-0.2, 0) is 11.2 Å². The van der Waals surface area contributed by atoms with Gasteiger partial charge in [-0.05, 0) is 41.7 Å². The summed E-state index contributed by atoms with van der Waals surface area (Å²) >= 11 is 0. The van der Waals surface area contributed by atoms with E-state index in [-0.39, 0.29) is 11.8 Å². The summed E-state index contributed by atoms with van der Waals surface area (Å²) in [7, 11) is 0. The monoisotopic (exact) mass is 412 g/mol. The highest BCUT2D eigenvalue weighted by atomic mass is 16.2. The summed E-state index contributed by atoms with van der Waals surface area (Å²) in [5, 5.41) is 0. The molecule has 0 atom stereocenters. The molecule has 0 radical (unpaired) electrons. The maximum absolute atomic E-state index is 13.0. The third-order valence-corrected chi connectivity index (χ3v) is 5.85. The van der Waals surface area contributed by atoms with Gasteiger partial charge in [-0.15, -0.1) is 0 Å². The molecule has 1 heterocycles. The smallest absolute Gasteiger partial charge is 0.253 e. The average molecular weight is 413 g/mol. The summed E-state index contributed by atoms with van der Waals surface area (Å²) in [6.45, 7) is 2.57. The molecule has 158 valence electrons. The van der Waals surface area contributed by atoms with Gasteiger partial charge in [-0.2, -0.15) is 0 Å². The molecule has 4 heteroatoms. The minimum Gasteiger partial charge on any atom is -0.341 e. The van der Waals surface area contributed by atoms with E-state index in [1.54, 1.807) is 0 Å². The summed E-state index contributed by atoms with van der Waals surface area (Å²) < 4.78 is 0. The van der Waals surface area contributed by atoms with Crippen molar-refractivity contribution >= 4 is 11.8 Å². The number of benzene rings is 3. The number of aryl methyl sites for hydroxylation is 1. The van der Waals surface area contributed by atoms with Gasteiger partial charge in [0.2, 0.25) is 5.91 Å². The van der Waals surface area contributed by atoms with E-state index >= 15 is 0 Å². The number of hydrogen-bond donors (Lipinski definition) is 0. The van der Waals surface area contributed by atoms with Gasteiger partial charge in [0.25, 0.3) is 5.91 Å². The largest absolute Gasteiger partial charge is 0.341 e. The molecule has 3 aromatic rings. The minimum atomic E-state index is 0.0400. The Labute approximate surface area is 184 Å². The molecule has 4 rings (SSSR count). The number of hydrogen-bond acceptors (Lipinski definition) is 2. The topological polar surface area (TPSA) is 40.6 Å².